The summed E-state index contributed by atoms with van der Waals surface area (Å²) >= 11 is 0. The standard InChI is InChI=1S/C20H27N5O2/c26-19(27)8-7-17-11-18-14-24(9-4-10-25(18)23-17)13-16-12-21-22-20(16)15-5-2-1-3-6-15/h1-3,5-6,11,16,20-22H,4,7-10,12-14H2,(H,26,27). The van der Waals surface area contributed by atoms with Crippen LogP contribution in [0.1, 0.15) is 35.8 Å². The number of aromatic nitrogens is 2. The van der Waals surface area contributed by atoms with Gasteiger partial charge in [-0.2, -0.15) is 5.10 Å². The second-order valence-electron chi connectivity index (χ2n) is 7.51. The number of fused-ring (bicyclic) bond motifs is 1. The minimum atomic E-state index is -0.770. The third kappa shape index (κ3) is 4.37. The summed E-state index contributed by atoms with van der Waals surface area (Å²) in [6.07, 6.45) is 1.71. The normalized spacial score (nSPS) is 23.1. The van der Waals surface area contributed by atoms with Crippen molar-refractivity contribution < 1.29 is 9.90 Å². The maximum absolute atomic E-state index is 10.8. The Morgan fingerprint density at radius 1 is 1.26 bits per heavy atom. The Morgan fingerprint density at radius 3 is 2.93 bits per heavy atom. The Balaban J connectivity index is 1.42. The van der Waals surface area contributed by atoms with Gasteiger partial charge in [-0.15, -0.1) is 0 Å². The number of benzene rings is 1. The molecule has 2 atom stereocenters. The molecule has 3 heterocycles. The van der Waals surface area contributed by atoms with Crippen molar-refractivity contribution in [1.82, 2.24) is 25.5 Å². The summed E-state index contributed by atoms with van der Waals surface area (Å²) in [6, 6.07) is 13.0. The summed E-state index contributed by atoms with van der Waals surface area (Å²) in [5, 5.41) is 13.5. The molecule has 0 bridgehead atoms. The van der Waals surface area contributed by atoms with E-state index in [4.69, 9.17) is 5.11 Å². The number of carbonyl (C=O) groups is 1. The molecular weight excluding hydrogens is 342 g/mol. The van der Waals surface area contributed by atoms with Crippen LogP contribution in [0.3, 0.4) is 0 Å². The first-order valence-corrected chi connectivity index (χ1v) is 9.72. The van der Waals surface area contributed by atoms with Crippen molar-refractivity contribution >= 4 is 5.97 Å². The Kier molecular flexibility index (Phi) is 5.52. The smallest absolute Gasteiger partial charge is 0.303 e. The fourth-order valence-electron chi connectivity index (χ4n) is 4.15. The van der Waals surface area contributed by atoms with Crippen LogP contribution in [0.4, 0.5) is 0 Å². The lowest BCUT2D eigenvalue weighted by molar-refractivity contribution is -0.136. The number of aliphatic carboxylic acids is 1. The molecule has 7 heteroatoms. The molecule has 3 N–H and O–H groups in total. The lowest BCUT2D eigenvalue weighted by Gasteiger charge is -2.26. The maximum atomic E-state index is 10.8. The van der Waals surface area contributed by atoms with E-state index in [1.165, 1.54) is 11.3 Å². The highest BCUT2D eigenvalue weighted by Gasteiger charge is 2.30. The van der Waals surface area contributed by atoms with Crippen LogP contribution in [0.2, 0.25) is 0 Å². The van der Waals surface area contributed by atoms with Crippen molar-refractivity contribution in [2.45, 2.75) is 38.4 Å². The topological polar surface area (TPSA) is 82.4 Å². The molecule has 27 heavy (non-hydrogen) atoms. The zero-order valence-electron chi connectivity index (χ0n) is 15.5. The number of hydrogen-bond donors (Lipinski definition) is 3. The fraction of sp³-hybridized carbons (Fsp3) is 0.500. The van der Waals surface area contributed by atoms with Crippen molar-refractivity contribution in [2.24, 2.45) is 5.92 Å². The van der Waals surface area contributed by atoms with Gasteiger partial charge in [0.2, 0.25) is 0 Å². The zero-order valence-corrected chi connectivity index (χ0v) is 15.5. The first kappa shape index (κ1) is 18.2. The molecule has 2 aromatic rings. The molecule has 0 amide bonds. The Labute approximate surface area is 159 Å². The van der Waals surface area contributed by atoms with Crippen LogP contribution in [-0.4, -0.2) is 45.4 Å². The largest absolute Gasteiger partial charge is 0.481 e. The molecule has 0 saturated carbocycles. The molecule has 144 valence electrons. The molecule has 1 aromatic carbocycles. The number of hydrogen-bond acceptors (Lipinski definition) is 5. The first-order chi connectivity index (χ1) is 13.2. The third-order valence-corrected chi connectivity index (χ3v) is 5.48. The summed E-state index contributed by atoms with van der Waals surface area (Å²) in [7, 11) is 0. The molecule has 1 saturated heterocycles. The van der Waals surface area contributed by atoms with Crippen LogP contribution >= 0.6 is 0 Å². The number of nitrogens with one attached hydrogen (secondary N) is 2. The molecule has 0 spiro atoms. The number of nitrogens with zero attached hydrogens (tertiary/aromatic N) is 3. The summed E-state index contributed by atoms with van der Waals surface area (Å²) in [4.78, 5) is 13.3. The van der Waals surface area contributed by atoms with E-state index < -0.39 is 5.97 Å². The van der Waals surface area contributed by atoms with E-state index in [1.807, 2.05) is 0 Å². The van der Waals surface area contributed by atoms with Gasteiger partial charge in [-0.25, -0.2) is 5.43 Å². The van der Waals surface area contributed by atoms with E-state index in [1.54, 1.807) is 0 Å². The monoisotopic (exact) mass is 369 g/mol. The minimum Gasteiger partial charge on any atom is -0.481 e. The van der Waals surface area contributed by atoms with Crippen LogP contribution in [0.5, 0.6) is 0 Å². The number of hydrazine groups is 1. The quantitative estimate of drug-likeness (QED) is 0.717. The van der Waals surface area contributed by atoms with Gasteiger partial charge in [-0.1, -0.05) is 30.3 Å². The number of rotatable bonds is 6. The highest BCUT2D eigenvalue weighted by atomic mass is 16.4. The SMILES string of the molecule is O=C(O)CCc1cc2n(n1)CCCN(CC1CNNC1c1ccccc1)C2. The van der Waals surface area contributed by atoms with Crippen LogP contribution in [0.15, 0.2) is 36.4 Å². The van der Waals surface area contributed by atoms with Crippen LogP contribution < -0.4 is 10.9 Å². The molecular formula is C20H27N5O2. The van der Waals surface area contributed by atoms with Gasteiger partial charge in [-0.3, -0.25) is 19.8 Å². The number of carboxylic acid groups (broad SMARTS) is 1. The van der Waals surface area contributed by atoms with Gasteiger partial charge in [0, 0.05) is 45.1 Å². The molecule has 1 fully saturated rings. The van der Waals surface area contributed by atoms with Crippen molar-refractivity contribution in [2.75, 3.05) is 19.6 Å². The fourth-order valence-corrected chi connectivity index (χ4v) is 4.15. The highest BCUT2D eigenvalue weighted by Crippen LogP contribution is 2.26. The van der Waals surface area contributed by atoms with E-state index in [0.29, 0.717) is 18.4 Å². The minimum absolute atomic E-state index is 0.137. The number of aryl methyl sites for hydroxylation is 2. The molecule has 0 aliphatic carbocycles. The van der Waals surface area contributed by atoms with E-state index in [2.05, 4.69) is 61.9 Å². The predicted molar refractivity (Wildman–Crippen MR) is 102 cm³/mol. The van der Waals surface area contributed by atoms with Crippen molar-refractivity contribution in [3.05, 3.63) is 53.3 Å². The van der Waals surface area contributed by atoms with Crippen molar-refractivity contribution in [1.29, 1.82) is 0 Å². The highest BCUT2D eigenvalue weighted by molar-refractivity contribution is 5.66. The summed E-state index contributed by atoms with van der Waals surface area (Å²) in [6.45, 7) is 4.82. The van der Waals surface area contributed by atoms with Crippen molar-refractivity contribution in [3.8, 4) is 0 Å². The first-order valence-electron chi connectivity index (χ1n) is 9.72. The second-order valence-corrected chi connectivity index (χ2v) is 7.51. The predicted octanol–water partition coefficient (Wildman–Crippen LogP) is 1.57. The molecule has 2 aliphatic heterocycles. The van der Waals surface area contributed by atoms with Gasteiger partial charge in [0.05, 0.1) is 23.9 Å². The molecule has 7 nitrogen and oxygen atoms in total. The second kappa shape index (κ2) is 8.21. The van der Waals surface area contributed by atoms with E-state index in [-0.39, 0.29) is 6.42 Å². The zero-order chi connectivity index (χ0) is 18.6. The summed E-state index contributed by atoms with van der Waals surface area (Å²) < 4.78 is 2.07. The number of carboxylic acids is 1. The van der Waals surface area contributed by atoms with E-state index in [9.17, 15) is 4.79 Å². The van der Waals surface area contributed by atoms with E-state index in [0.717, 1.165) is 44.8 Å². The van der Waals surface area contributed by atoms with Gasteiger partial charge >= 0.3 is 5.97 Å². The average molecular weight is 369 g/mol. The molecule has 2 aliphatic rings. The maximum Gasteiger partial charge on any atom is 0.303 e. The van der Waals surface area contributed by atoms with Crippen molar-refractivity contribution in [3.63, 3.8) is 0 Å². The van der Waals surface area contributed by atoms with Gasteiger partial charge < -0.3 is 5.11 Å². The Hall–Kier alpha value is -2.22. The molecule has 1 aromatic heterocycles. The molecule has 2 unspecified atom stereocenters. The molecule has 4 rings (SSSR count). The van der Waals surface area contributed by atoms with Gasteiger partial charge in [0.15, 0.2) is 0 Å². The van der Waals surface area contributed by atoms with Crippen LogP contribution in [0, 0.1) is 5.92 Å². The van der Waals surface area contributed by atoms with Crippen LogP contribution in [-0.2, 0) is 24.3 Å². The van der Waals surface area contributed by atoms with Gasteiger partial charge in [-0.05, 0) is 18.1 Å². The lowest BCUT2D eigenvalue weighted by atomic mass is 9.94. The molecule has 0 radical (unpaired) electrons. The van der Waals surface area contributed by atoms with Gasteiger partial charge in [0.1, 0.15) is 0 Å². The van der Waals surface area contributed by atoms with Crippen LogP contribution in [0.25, 0.3) is 0 Å². The third-order valence-electron chi connectivity index (χ3n) is 5.48. The Bertz CT molecular complexity index is 776. The average Bonchev–Trinajstić information content (AvgIpc) is 3.23. The summed E-state index contributed by atoms with van der Waals surface area (Å²) in [5.74, 6) is -0.263. The van der Waals surface area contributed by atoms with Gasteiger partial charge in [0.25, 0.3) is 0 Å². The summed E-state index contributed by atoms with van der Waals surface area (Å²) in [5.41, 5.74) is 10.2. The Morgan fingerprint density at radius 2 is 2.11 bits per heavy atom. The van der Waals surface area contributed by atoms with E-state index >= 15 is 0 Å². The lowest BCUT2D eigenvalue weighted by Crippen LogP contribution is -2.33.